The Morgan fingerprint density at radius 3 is 1.88 bits per heavy atom. The van der Waals surface area contributed by atoms with Gasteiger partial charge >= 0.3 is 5.97 Å². The van der Waals surface area contributed by atoms with Gasteiger partial charge in [-0.15, -0.1) is 0 Å². The quantitative estimate of drug-likeness (QED) is 0.323. The minimum Gasteiger partial charge on any atom is -0.464 e. The van der Waals surface area contributed by atoms with Gasteiger partial charge in [0.15, 0.2) is 0 Å². The molecule has 32 heavy (non-hydrogen) atoms. The molecule has 0 aromatic heterocycles. The minimum atomic E-state index is -3.16. The van der Waals surface area contributed by atoms with E-state index in [2.05, 4.69) is 18.7 Å². The maximum atomic E-state index is 11.9. The monoisotopic (exact) mass is 490 g/mol. The molecule has 0 aliphatic heterocycles. The van der Waals surface area contributed by atoms with Crippen molar-refractivity contribution < 1.29 is 26.4 Å². The summed E-state index contributed by atoms with van der Waals surface area (Å²) in [5, 5.41) is 0. The Labute approximate surface area is 193 Å². The lowest BCUT2D eigenvalue weighted by Gasteiger charge is -2.24. The van der Waals surface area contributed by atoms with Gasteiger partial charge in [0.1, 0.15) is 26.3 Å². The normalized spacial score (nSPS) is 12.2. The Morgan fingerprint density at radius 2 is 1.41 bits per heavy atom. The third kappa shape index (κ3) is 13.0. The summed E-state index contributed by atoms with van der Waals surface area (Å²) in [5.74, 6) is -0.287. The second-order valence-corrected chi connectivity index (χ2v) is 12.5. The van der Waals surface area contributed by atoms with Crippen molar-refractivity contribution in [2.24, 2.45) is 0 Å². The lowest BCUT2D eigenvalue weighted by molar-refractivity contribution is -0.144. The van der Waals surface area contributed by atoms with Crippen molar-refractivity contribution in [2.75, 3.05) is 68.2 Å². The third-order valence-corrected chi connectivity index (χ3v) is 7.03. The number of hydrogen-bond acceptors (Lipinski definition) is 8. The van der Waals surface area contributed by atoms with Gasteiger partial charge in [-0.25, -0.2) is 16.8 Å². The molecule has 0 amide bonds. The van der Waals surface area contributed by atoms with Crippen molar-refractivity contribution in [3.63, 3.8) is 0 Å². The van der Waals surface area contributed by atoms with E-state index in [0.717, 1.165) is 37.3 Å². The zero-order valence-corrected chi connectivity index (χ0v) is 21.4. The van der Waals surface area contributed by atoms with Gasteiger partial charge in [-0.05, 0) is 43.6 Å². The van der Waals surface area contributed by atoms with Crippen LogP contribution in [0.3, 0.4) is 0 Å². The molecular formula is C22H38N2O6S2. The molecule has 0 spiro atoms. The van der Waals surface area contributed by atoms with Crippen molar-refractivity contribution in [2.45, 2.75) is 33.1 Å². The number of esters is 1. The smallest absolute Gasteiger partial charge is 0.305 e. The van der Waals surface area contributed by atoms with Crippen LogP contribution in [0.25, 0.3) is 0 Å². The highest BCUT2D eigenvalue weighted by Gasteiger charge is 2.13. The van der Waals surface area contributed by atoms with Crippen molar-refractivity contribution in [3.05, 3.63) is 29.8 Å². The van der Waals surface area contributed by atoms with Gasteiger partial charge in [0, 0.05) is 44.3 Å². The number of ether oxygens (including phenoxy) is 1. The van der Waals surface area contributed by atoms with Gasteiger partial charge in [-0.2, -0.15) is 0 Å². The highest BCUT2D eigenvalue weighted by Crippen LogP contribution is 2.17. The number of benzene rings is 1. The van der Waals surface area contributed by atoms with Crippen LogP contribution >= 0.6 is 0 Å². The van der Waals surface area contributed by atoms with Crippen LogP contribution in [0.5, 0.6) is 0 Å². The first-order chi connectivity index (χ1) is 14.9. The number of likely N-dealkylation sites (N-methyl/N-ethyl adjacent to an activating group) is 1. The van der Waals surface area contributed by atoms with Crippen LogP contribution in [0.15, 0.2) is 24.3 Å². The second-order valence-electron chi connectivity index (χ2n) is 8.01. The van der Waals surface area contributed by atoms with Gasteiger partial charge in [0.2, 0.25) is 0 Å². The summed E-state index contributed by atoms with van der Waals surface area (Å²) < 4.78 is 51.4. The van der Waals surface area contributed by atoms with Crippen LogP contribution in [0.4, 0.5) is 5.69 Å². The molecule has 184 valence electrons. The third-order valence-electron chi connectivity index (χ3n) is 5.18. The van der Waals surface area contributed by atoms with E-state index in [9.17, 15) is 21.6 Å². The van der Waals surface area contributed by atoms with E-state index in [-0.39, 0.29) is 30.6 Å². The van der Waals surface area contributed by atoms with Crippen LogP contribution in [0, 0.1) is 0 Å². The topological polar surface area (TPSA) is 101 Å². The molecule has 0 heterocycles. The first-order valence-corrected chi connectivity index (χ1v) is 15.1. The molecule has 0 unspecified atom stereocenters. The number of hydrogen-bond donors (Lipinski definition) is 0. The largest absolute Gasteiger partial charge is 0.464 e. The Morgan fingerprint density at radius 1 is 0.875 bits per heavy atom. The van der Waals surface area contributed by atoms with Crippen molar-refractivity contribution >= 4 is 31.3 Å². The molecule has 1 aromatic rings. The SMILES string of the molecule is CCN(CC)CCOC(=O)CCCc1ccc(N(CCS(C)(=O)=O)CCS(C)(=O)=O)cc1. The van der Waals surface area contributed by atoms with Gasteiger partial charge in [0.05, 0.1) is 11.5 Å². The molecule has 0 radical (unpaired) electrons. The van der Waals surface area contributed by atoms with Crippen molar-refractivity contribution in [3.8, 4) is 0 Å². The molecule has 1 aromatic carbocycles. The Bertz CT molecular complexity index is 859. The number of sulfone groups is 2. The first-order valence-electron chi connectivity index (χ1n) is 11.0. The summed E-state index contributed by atoms with van der Waals surface area (Å²) in [5.41, 5.74) is 1.83. The van der Waals surface area contributed by atoms with E-state index < -0.39 is 19.7 Å². The van der Waals surface area contributed by atoms with E-state index in [1.54, 1.807) is 4.90 Å². The molecule has 1 rings (SSSR count). The molecule has 10 heteroatoms. The summed E-state index contributed by atoms with van der Waals surface area (Å²) in [4.78, 5) is 15.9. The lowest BCUT2D eigenvalue weighted by atomic mass is 10.1. The molecular weight excluding hydrogens is 452 g/mol. The first kappa shape index (κ1) is 28.4. The number of nitrogens with zero attached hydrogens (tertiary/aromatic N) is 2. The fourth-order valence-electron chi connectivity index (χ4n) is 3.13. The maximum absolute atomic E-state index is 11.9. The Balaban J connectivity index is 2.56. The highest BCUT2D eigenvalue weighted by molar-refractivity contribution is 7.90. The van der Waals surface area contributed by atoms with Crippen LogP contribution in [-0.4, -0.2) is 91.1 Å². The zero-order chi connectivity index (χ0) is 24.2. The van der Waals surface area contributed by atoms with Crippen molar-refractivity contribution in [1.29, 1.82) is 0 Å². The predicted molar refractivity (Wildman–Crippen MR) is 130 cm³/mol. The number of rotatable bonds is 16. The fourth-order valence-corrected chi connectivity index (χ4v) is 4.24. The summed E-state index contributed by atoms with van der Waals surface area (Å²) in [6.45, 7) is 7.63. The summed E-state index contributed by atoms with van der Waals surface area (Å²) in [6.07, 6.45) is 4.08. The van der Waals surface area contributed by atoms with Gasteiger partial charge < -0.3 is 14.5 Å². The molecule has 0 saturated heterocycles. The summed E-state index contributed by atoms with van der Waals surface area (Å²) in [7, 11) is -6.32. The molecule has 0 saturated carbocycles. The van der Waals surface area contributed by atoms with Crippen LogP contribution in [-0.2, 0) is 35.6 Å². The van der Waals surface area contributed by atoms with Gasteiger partial charge in [0.25, 0.3) is 0 Å². The Kier molecular flexibility index (Phi) is 12.2. The molecule has 0 atom stereocenters. The zero-order valence-electron chi connectivity index (χ0n) is 19.7. The molecule has 0 aliphatic carbocycles. The average molecular weight is 491 g/mol. The average Bonchev–Trinajstić information content (AvgIpc) is 2.70. The van der Waals surface area contributed by atoms with E-state index in [1.165, 1.54) is 12.5 Å². The van der Waals surface area contributed by atoms with Crippen molar-refractivity contribution in [1.82, 2.24) is 4.90 Å². The minimum absolute atomic E-state index is 0.0467. The van der Waals surface area contributed by atoms with Crippen LogP contribution in [0.2, 0.25) is 0 Å². The molecule has 0 fully saturated rings. The predicted octanol–water partition coefficient (Wildman–Crippen LogP) is 1.79. The van der Waals surface area contributed by atoms with Crippen LogP contribution < -0.4 is 4.90 Å². The molecule has 0 N–H and O–H groups in total. The number of carbonyl (C=O) groups excluding carboxylic acids is 1. The standard InChI is InChI=1S/C22H38N2O6S2/c1-5-23(6-2)14-17-30-22(25)9-7-8-20-10-12-21(13-11-20)24(15-18-31(3,26)27)16-19-32(4,28)29/h10-13H,5-9,14-19H2,1-4H3. The number of aryl methyl sites for hydroxylation is 1. The highest BCUT2D eigenvalue weighted by atomic mass is 32.2. The lowest BCUT2D eigenvalue weighted by Crippen LogP contribution is -2.33. The van der Waals surface area contributed by atoms with E-state index in [1.807, 2.05) is 24.3 Å². The second kappa shape index (κ2) is 13.8. The maximum Gasteiger partial charge on any atom is 0.305 e. The van der Waals surface area contributed by atoms with Gasteiger partial charge in [-0.3, -0.25) is 4.79 Å². The molecule has 0 aliphatic rings. The number of anilines is 1. The van der Waals surface area contributed by atoms with E-state index in [0.29, 0.717) is 19.4 Å². The Hall–Kier alpha value is -1.65. The van der Waals surface area contributed by atoms with E-state index in [4.69, 9.17) is 4.74 Å². The summed E-state index contributed by atoms with van der Waals surface area (Å²) in [6, 6.07) is 7.58. The molecule has 8 nitrogen and oxygen atoms in total. The van der Waals surface area contributed by atoms with Crippen LogP contribution in [0.1, 0.15) is 32.3 Å². The van der Waals surface area contributed by atoms with Gasteiger partial charge in [-0.1, -0.05) is 26.0 Å². The van der Waals surface area contributed by atoms with E-state index >= 15 is 0 Å². The summed E-state index contributed by atoms with van der Waals surface area (Å²) >= 11 is 0. The fraction of sp³-hybridized carbons (Fsp3) is 0.682. The number of carbonyl (C=O) groups is 1. The molecule has 0 bridgehead atoms.